The summed E-state index contributed by atoms with van der Waals surface area (Å²) in [6.07, 6.45) is 0. The minimum atomic E-state index is -0.143. The summed E-state index contributed by atoms with van der Waals surface area (Å²) < 4.78 is 5.05. The van der Waals surface area contributed by atoms with E-state index < -0.39 is 0 Å². The number of anilines is 1. The number of nitrogens with one attached hydrogen (secondary N) is 1. The quantitative estimate of drug-likeness (QED) is 0.565. The van der Waals surface area contributed by atoms with Gasteiger partial charge in [0.25, 0.3) is 0 Å². The fourth-order valence-corrected chi connectivity index (χ4v) is 1.27. The molecule has 92 valence electrons. The predicted octanol–water partition coefficient (Wildman–Crippen LogP) is 0.803. The van der Waals surface area contributed by atoms with Crippen molar-refractivity contribution >= 4 is 17.4 Å². The van der Waals surface area contributed by atoms with Crippen molar-refractivity contribution in [2.45, 2.75) is 6.92 Å². The lowest BCUT2D eigenvalue weighted by molar-refractivity contribution is -0.114. The van der Waals surface area contributed by atoms with Crippen molar-refractivity contribution in [2.75, 3.05) is 25.1 Å². The van der Waals surface area contributed by atoms with Crippen LogP contribution in [0, 0.1) is 0 Å². The number of ketones is 1. The van der Waals surface area contributed by atoms with Crippen molar-refractivity contribution in [3.05, 3.63) is 29.8 Å². The van der Waals surface area contributed by atoms with Crippen LogP contribution < -0.4 is 11.1 Å². The Bertz CT molecular complexity index is 387. The Kier molecular flexibility index (Phi) is 5.32. The molecular weight excluding hydrogens is 220 g/mol. The highest BCUT2D eigenvalue weighted by Crippen LogP contribution is 2.10. The summed E-state index contributed by atoms with van der Waals surface area (Å²) in [5.41, 5.74) is 6.46. The number of benzene rings is 1. The lowest BCUT2D eigenvalue weighted by Gasteiger charge is -2.04. The van der Waals surface area contributed by atoms with E-state index in [4.69, 9.17) is 10.5 Å². The van der Waals surface area contributed by atoms with E-state index in [0.717, 1.165) is 0 Å². The summed E-state index contributed by atoms with van der Waals surface area (Å²) in [5, 5.41) is 2.63. The van der Waals surface area contributed by atoms with Crippen LogP contribution in [0.3, 0.4) is 0 Å². The van der Waals surface area contributed by atoms with Gasteiger partial charge in [-0.1, -0.05) is 0 Å². The summed E-state index contributed by atoms with van der Waals surface area (Å²) in [5.74, 6) is -0.247. The summed E-state index contributed by atoms with van der Waals surface area (Å²) >= 11 is 0. The average molecular weight is 236 g/mol. The molecule has 0 radical (unpaired) electrons. The molecule has 3 N–H and O–H groups in total. The third-order valence-corrected chi connectivity index (χ3v) is 2.02. The molecule has 0 saturated heterocycles. The second-order valence-corrected chi connectivity index (χ2v) is 3.52. The van der Waals surface area contributed by atoms with Gasteiger partial charge in [-0.3, -0.25) is 9.59 Å². The van der Waals surface area contributed by atoms with E-state index in [-0.39, 0.29) is 18.3 Å². The second-order valence-electron chi connectivity index (χ2n) is 3.52. The number of ether oxygens (including phenoxy) is 1. The second kappa shape index (κ2) is 6.78. The zero-order valence-corrected chi connectivity index (χ0v) is 9.73. The molecule has 5 nitrogen and oxygen atoms in total. The molecule has 0 aromatic heterocycles. The number of nitrogens with two attached hydrogens (primary N) is 1. The van der Waals surface area contributed by atoms with Gasteiger partial charge in [0.1, 0.15) is 6.61 Å². The molecule has 17 heavy (non-hydrogen) atoms. The van der Waals surface area contributed by atoms with Gasteiger partial charge in [0.2, 0.25) is 5.91 Å². The molecule has 0 fully saturated rings. The van der Waals surface area contributed by atoms with Crippen molar-refractivity contribution in [3.8, 4) is 0 Å². The Balaban J connectivity index is 2.54. The largest absolute Gasteiger partial charge is 0.372 e. The molecule has 5 heteroatoms. The van der Waals surface area contributed by atoms with Crippen LogP contribution in [-0.4, -0.2) is 31.4 Å². The third kappa shape index (κ3) is 4.76. The Labute approximate surface area is 99.9 Å². The van der Waals surface area contributed by atoms with Gasteiger partial charge in [0.05, 0.1) is 6.61 Å². The van der Waals surface area contributed by atoms with Crippen LogP contribution in [-0.2, 0) is 9.53 Å². The van der Waals surface area contributed by atoms with Gasteiger partial charge < -0.3 is 15.8 Å². The van der Waals surface area contributed by atoms with Crippen LogP contribution in [0.4, 0.5) is 5.69 Å². The van der Waals surface area contributed by atoms with Gasteiger partial charge >= 0.3 is 0 Å². The molecule has 0 aliphatic carbocycles. The lowest BCUT2D eigenvalue weighted by Crippen LogP contribution is -2.14. The third-order valence-electron chi connectivity index (χ3n) is 2.02. The van der Waals surface area contributed by atoms with E-state index in [1.54, 1.807) is 24.3 Å². The maximum Gasteiger partial charge on any atom is 0.221 e. The SMILES string of the molecule is CC(=O)Nc1ccc(C(=O)COCCN)cc1. The topological polar surface area (TPSA) is 81.4 Å². The number of hydrogen-bond acceptors (Lipinski definition) is 4. The van der Waals surface area contributed by atoms with E-state index in [2.05, 4.69) is 5.32 Å². The minimum Gasteiger partial charge on any atom is -0.372 e. The summed E-state index contributed by atoms with van der Waals surface area (Å²) in [7, 11) is 0. The van der Waals surface area contributed by atoms with Crippen LogP contribution in [0.25, 0.3) is 0 Å². The van der Waals surface area contributed by atoms with Crippen LogP contribution >= 0.6 is 0 Å². The number of carbonyl (C=O) groups is 2. The first-order chi connectivity index (χ1) is 8.13. The Morgan fingerprint density at radius 1 is 1.29 bits per heavy atom. The molecule has 0 unspecified atom stereocenters. The number of hydrogen-bond donors (Lipinski definition) is 2. The zero-order chi connectivity index (χ0) is 12.7. The molecule has 0 heterocycles. The molecular formula is C12H16N2O3. The van der Waals surface area contributed by atoms with Gasteiger partial charge in [-0.05, 0) is 24.3 Å². The molecule has 0 bridgehead atoms. The normalized spacial score (nSPS) is 10.0. The van der Waals surface area contributed by atoms with E-state index in [1.807, 2.05) is 0 Å². The van der Waals surface area contributed by atoms with E-state index in [0.29, 0.717) is 24.4 Å². The maximum absolute atomic E-state index is 11.6. The van der Waals surface area contributed by atoms with Crippen LogP contribution in [0.2, 0.25) is 0 Å². The lowest BCUT2D eigenvalue weighted by atomic mass is 10.1. The highest BCUT2D eigenvalue weighted by Gasteiger charge is 2.05. The molecule has 0 aliphatic rings. The highest BCUT2D eigenvalue weighted by molar-refractivity contribution is 5.97. The molecule has 1 rings (SSSR count). The van der Waals surface area contributed by atoms with Gasteiger partial charge in [-0.15, -0.1) is 0 Å². The van der Waals surface area contributed by atoms with Crippen LogP contribution in [0.5, 0.6) is 0 Å². The van der Waals surface area contributed by atoms with Gasteiger partial charge in [-0.2, -0.15) is 0 Å². The molecule has 1 amide bonds. The molecule has 0 atom stereocenters. The summed E-state index contributed by atoms with van der Waals surface area (Å²) in [6, 6.07) is 6.66. The maximum atomic E-state index is 11.6. The first kappa shape index (κ1) is 13.3. The smallest absolute Gasteiger partial charge is 0.221 e. The van der Waals surface area contributed by atoms with Crippen molar-refractivity contribution < 1.29 is 14.3 Å². The van der Waals surface area contributed by atoms with Crippen molar-refractivity contribution in [3.63, 3.8) is 0 Å². The molecule has 1 aromatic rings. The van der Waals surface area contributed by atoms with Crippen LogP contribution in [0.15, 0.2) is 24.3 Å². The van der Waals surface area contributed by atoms with E-state index >= 15 is 0 Å². The minimum absolute atomic E-state index is 0.0245. The molecule has 0 spiro atoms. The first-order valence-corrected chi connectivity index (χ1v) is 5.32. The van der Waals surface area contributed by atoms with Gasteiger partial charge in [0.15, 0.2) is 5.78 Å². The molecule has 0 saturated carbocycles. The molecule has 0 aliphatic heterocycles. The van der Waals surface area contributed by atoms with E-state index in [9.17, 15) is 9.59 Å². The standard InChI is InChI=1S/C12H16N2O3/c1-9(15)14-11-4-2-10(3-5-11)12(16)8-17-7-6-13/h2-5H,6-8,13H2,1H3,(H,14,15). The monoisotopic (exact) mass is 236 g/mol. The fourth-order valence-electron chi connectivity index (χ4n) is 1.27. The summed E-state index contributed by atoms with van der Waals surface area (Å²) in [4.78, 5) is 22.4. The van der Waals surface area contributed by atoms with Crippen molar-refractivity contribution in [2.24, 2.45) is 5.73 Å². The first-order valence-electron chi connectivity index (χ1n) is 5.32. The summed E-state index contributed by atoms with van der Waals surface area (Å²) in [6.45, 7) is 2.22. The number of rotatable bonds is 6. The van der Waals surface area contributed by atoms with E-state index in [1.165, 1.54) is 6.92 Å². The highest BCUT2D eigenvalue weighted by atomic mass is 16.5. The fraction of sp³-hybridized carbons (Fsp3) is 0.333. The Morgan fingerprint density at radius 3 is 2.47 bits per heavy atom. The van der Waals surface area contributed by atoms with Crippen LogP contribution in [0.1, 0.15) is 17.3 Å². The number of carbonyl (C=O) groups excluding carboxylic acids is 2. The van der Waals surface area contributed by atoms with Gasteiger partial charge in [0, 0.05) is 24.7 Å². The van der Waals surface area contributed by atoms with Crippen molar-refractivity contribution in [1.29, 1.82) is 0 Å². The number of amides is 1. The predicted molar refractivity (Wildman–Crippen MR) is 64.9 cm³/mol. The average Bonchev–Trinajstić information content (AvgIpc) is 2.29. The molecule has 1 aromatic carbocycles. The zero-order valence-electron chi connectivity index (χ0n) is 9.73. The Hall–Kier alpha value is -1.72. The Morgan fingerprint density at radius 2 is 1.94 bits per heavy atom. The number of Topliss-reactive ketones (excluding diaryl/α,β-unsaturated/α-hetero) is 1. The van der Waals surface area contributed by atoms with Crippen molar-refractivity contribution in [1.82, 2.24) is 0 Å². The van der Waals surface area contributed by atoms with Gasteiger partial charge in [-0.25, -0.2) is 0 Å².